The van der Waals surface area contributed by atoms with Crippen molar-refractivity contribution < 1.29 is 9.53 Å². The maximum Gasteiger partial charge on any atom is 0.256 e. The fourth-order valence-corrected chi connectivity index (χ4v) is 2.57. The Hall–Kier alpha value is -1.40. The van der Waals surface area contributed by atoms with Gasteiger partial charge in [-0.1, -0.05) is 15.9 Å². The van der Waals surface area contributed by atoms with Gasteiger partial charge in [0.25, 0.3) is 5.91 Å². The number of imidazole rings is 1. The molecule has 94 valence electrons. The van der Waals surface area contributed by atoms with E-state index in [1.807, 2.05) is 12.1 Å². The number of carbonyl (C=O) groups excluding carboxylic acids is 1. The minimum Gasteiger partial charge on any atom is -0.378 e. The molecule has 0 unspecified atom stereocenters. The van der Waals surface area contributed by atoms with E-state index in [1.54, 1.807) is 11.2 Å². The van der Waals surface area contributed by atoms with Gasteiger partial charge in [-0.25, -0.2) is 4.98 Å². The maximum atomic E-state index is 12.5. The van der Waals surface area contributed by atoms with Gasteiger partial charge in [-0.15, -0.1) is 0 Å². The monoisotopic (exact) mass is 309 g/mol. The van der Waals surface area contributed by atoms with Crippen LogP contribution in [0.5, 0.6) is 0 Å². The van der Waals surface area contributed by atoms with Crippen LogP contribution in [0.2, 0.25) is 0 Å². The zero-order valence-electron chi connectivity index (χ0n) is 9.65. The Morgan fingerprint density at radius 3 is 2.94 bits per heavy atom. The van der Waals surface area contributed by atoms with Crippen molar-refractivity contribution in [3.63, 3.8) is 0 Å². The topological polar surface area (TPSA) is 58.2 Å². The van der Waals surface area contributed by atoms with E-state index in [2.05, 4.69) is 25.9 Å². The second-order valence-corrected chi connectivity index (χ2v) is 5.07. The predicted molar refractivity (Wildman–Crippen MR) is 70.5 cm³/mol. The number of amides is 1. The molecule has 0 bridgehead atoms. The largest absolute Gasteiger partial charge is 0.378 e. The van der Waals surface area contributed by atoms with Crippen molar-refractivity contribution in [3.8, 4) is 0 Å². The number of hydrogen-bond donors (Lipinski definition) is 1. The lowest BCUT2D eigenvalue weighted by Gasteiger charge is -2.27. The highest BCUT2D eigenvalue weighted by atomic mass is 79.9. The number of halogens is 1. The van der Waals surface area contributed by atoms with Crippen LogP contribution in [-0.2, 0) is 4.74 Å². The highest BCUT2D eigenvalue weighted by Gasteiger charge is 2.21. The number of hydrogen-bond acceptors (Lipinski definition) is 3. The zero-order valence-corrected chi connectivity index (χ0v) is 11.2. The van der Waals surface area contributed by atoms with Crippen molar-refractivity contribution in [2.75, 3.05) is 26.3 Å². The average Bonchev–Trinajstić information content (AvgIpc) is 2.86. The summed E-state index contributed by atoms with van der Waals surface area (Å²) in [6.45, 7) is 2.47. The van der Waals surface area contributed by atoms with Crippen LogP contribution in [-0.4, -0.2) is 47.1 Å². The van der Waals surface area contributed by atoms with E-state index < -0.39 is 0 Å². The lowest BCUT2D eigenvalue weighted by atomic mass is 10.1. The standard InChI is InChI=1S/C12H12BrN3O2/c13-8-5-9(11-10(6-8)14-7-15-11)12(17)16-1-3-18-4-2-16/h5-7H,1-4H2,(H,14,15). The molecule has 6 heteroatoms. The summed E-state index contributed by atoms with van der Waals surface area (Å²) >= 11 is 3.42. The minimum absolute atomic E-state index is 0.0108. The second kappa shape index (κ2) is 4.70. The van der Waals surface area contributed by atoms with Gasteiger partial charge in [0, 0.05) is 17.6 Å². The fraction of sp³-hybridized carbons (Fsp3) is 0.333. The predicted octanol–water partition coefficient (Wildman–Crippen LogP) is 1.80. The lowest BCUT2D eigenvalue weighted by molar-refractivity contribution is 0.0304. The first-order valence-electron chi connectivity index (χ1n) is 5.75. The van der Waals surface area contributed by atoms with Crippen molar-refractivity contribution in [2.45, 2.75) is 0 Å². The molecule has 0 saturated carbocycles. The number of aromatic nitrogens is 2. The molecule has 0 spiro atoms. The van der Waals surface area contributed by atoms with Crippen LogP contribution in [0.1, 0.15) is 10.4 Å². The first kappa shape index (κ1) is 11.7. The van der Waals surface area contributed by atoms with E-state index in [0.717, 1.165) is 15.5 Å². The van der Waals surface area contributed by atoms with Gasteiger partial charge in [0.15, 0.2) is 0 Å². The summed E-state index contributed by atoms with van der Waals surface area (Å²) in [7, 11) is 0. The maximum absolute atomic E-state index is 12.5. The van der Waals surface area contributed by atoms with Gasteiger partial charge < -0.3 is 14.6 Å². The van der Waals surface area contributed by atoms with Crippen LogP contribution in [0.25, 0.3) is 11.0 Å². The third-order valence-corrected chi connectivity index (χ3v) is 3.47. The summed E-state index contributed by atoms with van der Waals surface area (Å²) in [5.41, 5.74) is 2.21. The van der Waals surface area contributed by atoms with Gasteiger partial charge in [0.05, 0.1) is 30.6 Å². The molecule has 0 radical (unpaired) electrons. The number of H-pyrrole nitrogens is 1. The summed E-state index contributed by atoms with van der Waals surface area (Å²) in [5.74, 6) is 0.0108. The number of carbonyl (C=O) groups is 1. The molecule has 3 rings (SSSR count). The van der Waals surface area contributed by atoms with Crippen LogP contribution >= 0.6 is 15.9 Å². The third kappa shape index (κ3) is 2.02. The summed E-state index contributed by atoms with van der Waals surface area (Å²) in [6, 6.07) is 3.74. The Balaban J connectivity index is 2.02. The van der Waals surface area contributed by atoms with Crippen LogP contribution in [0.3, 0.4) is 0 Å². The summed E-state index contributed by atoms with van der Waals surface area (Å²) in [5, 5.41) is 0. The van der Waals surface area contributed by atoms with Gasteiger partial charge in [-0.05, 0) is 12.1 Å². The SMILES string of the molecule is O=C(c1cc(Br)cc2[nH]cnc12)N1CCOCC1. The van der Waals surface area contributed by atoms with E-state index in [4.69, 9.17) is 4.74 Å². The number of nitrogens with zero attached hydrogens (tertiary/aromatic N) is 2. The quantitative estimate of drug-likeness (QED) is 0.874. The molecule has 1 saturated heterocycles. The van der Waals surface area contributed by atoms with Crippen molar-refractivity contribution in [1.29, 1.82) is 0 Å². The number of benzene rings is 1. The van der Waals surface area contributed by atoms with Crippen LogP contribution in [0.15, 0.2) is 22.9 Å². The molecule has 1 aliphatic heterocycles. The summed E-state index contributed by atoms with van der Waals surface area (Å²) in [4.78, 5) is 21.5. The molecule has 1 fully saturated rings. The van der Waals surface area contributed by atoms with E-state index >= 15 is 0 Å². The highest BCUT2D eigenvalue weighted by molar-refractivity contribution is 9.10. The first-order chi connectivity index (χ1) is 8.75. The van der Waals surface area contributed by atoms with E-state index in [9.17, 15) is 4.79 Å². The van der Waals surface area contributed by atoms with Crippen molar-refractivity contribution in [3.05, 3.63) is 28.5 Å². The Bertz CT molecular complexity index is 590. The number of rotatable bonds is 1. The Labute approximate surface area is 112 Å². The first-order valence-corrected chi connectivity index (χ1v) is 6.54. The Morgan fingerprint density at radius 1 is 1.39 bits per heavy atom. The molecule has 1 N–H and O–H groups in total. The van der Waals surface area contributed by atoms with Gasteiger partial charge in [0.1, 0.15) is 5.52 Å². The van der Waals surface area contributed by atoms with E-state index in [1.165, 1.54) is 0 Å². The van der Waals surface area contributed by atoms with Gasteiger partial charge in [0.2, 0.25) is 0 Å². The number of nitrogens with one attached hydrogen (secondary N) is 1. The number of fused-ring (bicyclic) bond motifs is 1. The van der Waals surface area contributed by atoms with Gasteiger partial charge in [-0.2, -0.15) is 0 Å². The molecule has 5 nitrogen and oxygen atoms in total. The number of ether oxygens (including phenoxy) is 1. The molecule has 2 heterocycles. The molecular formula is C12H12BrN3O2. The van der Waals surface area contributed by atoms with Crippen LogP contribution in [0, 0.1) is 0 Å². The third-order valence-electron chi connectivity index (χ3n) is 3.02. The molecule has 1 aromatic heterocycles. The number of morpholine rings is 1. The highest BCUT2D eigenvalue weighted by Crippen LogP contribution is 2.23. The number of aromatic amines is 1. The molecule has 1 amide bonds. The van der Waals surface area contributed by atoms with Crippen LogP contribution in [0.4, 0.5) is 0 Å². The van der Waals surface area contributed by atoms with Gasteiger partial charge in [-0.3, -0.25) is 4.79 Å². The molecule has 1 aromatic carbocycles. The van der Waals surface area contributed by atoms with Crippen molar-refractivity contribution in [1.82, 2.24) is 14.9 Å². The molecular weight excluding hydrogens is 298 g/mol. The minimum atomic E-state index is 0.0108. The van der Waals surface area contributed by atoms with Crippen molar-refractivity contribution in [2.24, 2.45) is 0 Å². The van der Waals surface area contributed by atoms with E-state index in [-0.39, 0.29) is 5.91 Å². The molecule has 2 aromatic rings. The molecule has 1 aliphatic rings. The summed E-state index contributed by atoms with van der Waals surface area (Å²) in [6.07, 6.45) is 1.60. The van der Waals surface area contributed by atoms with Crippen LogP contribution < -0.4 is 0 Å². The molecule has 0 atom stereocenters. The lowest BCUT2D eigenvalue weighted by Crippen LogP contribution is -2.40. The van der Waals surface area contributed by atoms with Crippen molar-refractivity contribution >= 4 is 32.9 Å². The fourth-order valence-electron chi connectivity index (χ4n) is 2.11. The smallest absolute Gasteiger partial charge is 0.256 e. The van der Waals surface area contributed by atoms with E-state index in [0.29, 0.717) is 31.9 Å². The second-order valence-electron chi connectivity index (χ2n) is 4.16. The average molecular weight is 310 g/mol. The Kier molecular flexibility index (Phi) is 3.05. The molecule has 18 heavy (non-hydrogen) atoms. The summed E-state index contributed by atoms with van der Waals surface area (Å²) < 4.78 is 6.13. The normalized spacial score (nSPS) is 16.2. The van der Waals surface area contributed by atoms with Gasteiger partial charge >= 0.3 is 0 Å². The Morgan fingerprint density at radius 2 is 2.17 bits per heavy atom. The molecule has 0 aliphatic carbocycles. The zero-order chi connectivity index (χ0) is 12.5.